The van der Waals surface area contributed by atoms with Crippen LogP contribution in [0.2, 0.25) is 0 Å². The first-order valence-electron chi connectivity index (χ1n) is 7.12. The number of nitrogens with zero attached hydrogens (tertiary/aromatic N) is 2. The Morgan fingerprint density at radius 1 is 0.750 bits per heavy atom. The number of rotatable bonds is 4. The molecule has 3 rings (SSSR count). The molecule has 1 aliphatic heterocycles. The van der Waals surface area contributed by atoms with Crippen molar-refractivity contribution in [1.29, 1.82) is 0 Å². The number of piperazine rings is 1. The molecule has 0 unspecified atom stereocenters. The van der Waals surface area contributed by atoms with E-state index in [1.807, 2.05) is 30.3 Å². The molecule has 0 spiro atoms. The quantitative estimate of drug-likeness (QED) is 0.848. The number of hydrogen-bond donors (Lipinski definition) is 0. The van der Waals surface area contributed by atoms with E-state index in [-0.39, 0.29) is 0 Å². The predicted octanol–water partition coefficient (Wildman–Crippen LogP) is 2.85. The number of anilines is 1. The third-order valence-corrected chi connectivity index (χ3v) is 3.65. The van der Waals surface area contributed by atoms with Gasteiger partial charge >= 0.3 is 0 Å². The fourth-order valence-electron chi connectivity index (χ4n) is 2.46. The van der Waals surface area contributed by atoms with E-state index < -0.39 is 0 Å². The zero-order chi connectivity index (χ0) is 13.6. The monoisotopic (exact) mass is 268 g/mol. The van der Waals surface area contributed by atoms with Crippen LogP contribution in [0.1, 0.15) is 0 Å². The minimum absolute atomic E-state index is 0.673. The lowest BCUT2D eigenvalue weighted by Gasteiger charge is -2.35. The lowest BCUT2D eigenvalue weighted by Crippen LogP contribution is -2.47. The molecule has 0 radical (unpaired) electrons. The van der Waals surface area contributed by atoms with E-state index in [1.165, 1.54) is 5.69 Å². The van der Waals surface area contributed by atoms with Crippen molar-refractivity contribution in [3.05, 3.63) is 60.7 Å². The summed E-state index contributed by atoms with van der Waals surface area (Å²) >= 11 is 0. The summed E-state index contributed by atoms with van der Waals surface area (Å²) in [5, 5.41) is 0. The highest BCUT2D eigenvalue weighted by Crippen LogP contribution is 2.16. The molecule has 3 heteroatoms. The molecule has 0 aliphatic carbocycles. The van der Waals surface area contributed by atoms with Crippen LogP contribution < -0.4 is 9.64 Å². The van der Waals surface area contributed by atoms with Gasteiger partial charge in [0.2, 0.25) is 0 Å². The highest BCUT2D eigenvalue weighted by molar-refractivity contribution is 5.46. The molecule has 2 aromatic carbocycles. The van der Waals surface area contributed by atoms with E-state index in [2.05, 4.69) is 40.1 Å². The van der Waals surface area contributed by atoms with Gasteiger partial charge in [0, 0.05) is 31.9 Å². The number of hydrogen-bond acceptors (Lipinski definition) is 3. The molecular weight excluding hydrogens is 248 g/mol. The third-order valence-electron chi connectivity index (χ3n) is 3.65. The Balaban J connectivity index is 1.47. The molecule has 0 bridgehead atoms. The van der Waals surface area contributed by atoms with Gasteiger partial charge in [-0.25, -0.2) is 0 Å². The molecule has 0 atom stereocenters. The van der Waals surface area contributed by atoms with Crippen LogP contribution in [-0.4, -0.2) is 37.8 Å². The van der Waals surface area contributed by atoms with Gasteiger partial charge in [-0.1, -0.05) is 36.4 Å². The van der Waals surface area contributed by atoms with Gasteiger partial charge in [-0.2, -0.15) is 0 Å². The van der Waals surface area contributed by atoms with Crippen molar-refractivity contribution in [3.63, 3.8) is 0 Å². The summed E-state index contributed by atoms with van der Waals surface area (Å²) < 4.78 is 5.79. The molecule has 0 saturated carbocycles. The lowest BCUT2D eigenvalue weighted by atomic mass is 10.2. The second-order valence-corrected chi connectivity index (χ2v) is 5.03. The second kappa shape index (κ2) is 6.44. The van der Waals surface area contributed by atoms with Gasteiger partial charge in [-0.3, -0.25) is 4.90 Å². The van der Waals surface area contributed by atoms with Gasteiger partial charge in [-0.15, -0.1) is 0 Å². The average molecular weight is 268 g/mol. The third kappa shape index (κ3) is 3.31. The molecular formula is C17H20N2O. The van der Waals surface area contributed by atoms with Crippen LogP contribution in [0.15, 0.2) is 60.7 Å². The van der Waals surface area contributed by atoms with Crippen LogP contribution in [0.3, 0.4) is 0 Å². The van der Waals surface area contributed by atoms with Crippen LogP contribution in [-0.2, 0) is 0 Å². The van der Waals surface area contributed by atoms with Crippen molar-refractivity contribution in [2.45, 2.75) is 0 Å². The Hall–Kier alpha value is -2.00. The van der Waals surface area contributed by atoms with Crippen molar-refractivity contribution >= 4 is 5.69 Å². The van der Waals surface area contributed by atoms with Crippen LogP contribution in [0.4, 0.5) is 5.69 Å². The zero-order valence-corrected chi connectivity index (χ0v) is 11.6. The molecule has 1 fully saturated rings. The molecule has 2 aromatic rings. The molecule has 1 heterocycles. The molecule has 1 aliphatic rings. The minimum atomic E-state index is 0.673. The van der Waals surface area contributed by atoms with Crippen molar-refractivity contribution in [1.82, 2.24) is 4.90 Å². The first kappa shape index (κ1) is 13.0. The number of ether oxygens (including phenoxy) is 1. The van der Waals surface area contributed by atoms with E-state index in [0.717, 1.165) is 31.9 Å². The highest BCUT2D eigenvalue weighted by atomic mass is 16.5. The maximum Gasteiger partial charge on any atom is 0.142 e. The molecule has 104 valence electrons. The largest absolute Gasteiger partial charge is 0.478 e. The SMILES string of the molecule is c1ccc(OCN2CCN(c3ccccc3)CC2)cc1. The Labute approximate surface area is 120 Å². The maximum atomic E-state index is 5.79. The van der Waals surface area contributed by atoms with Crippen molar-refractivity contribution in [2.75, 3.05) is 37.8 Å². The fraction of sp³-hybridized carbons (Fsp3) is 0.294. The Kier molecular flexibility index (Phi) is 4.19. The predicted molar refractivity (Wildman–Crippen MR) is 82.2 cm³/mol. The van der Waals surface area contributed by atoms with Gasteiger partial charge in [0.25, 0.3) is 0 Å². The zero-order valence-electron chi connectivity index (χ0n) is 11.6. The van der Waals surface area contributed by atoms with Crippen LogP contribution in [0, 0.1) is 0 Å². The summed E-state index contributed by atoms with van der Waals surface area (Å²) in [7, 11) is 0. The average Bonchev–Trinajstić information content (AvgIpc) is 2.55. The lowest BCUT2D eigenvalue weighted by molar-refractivity contribution is 0.120. The van der Waals surface area contributed by atoms with Crippen LogP contribution in [0.25, 0.3) is 0 Å². The van der Waals surface area contributed by atoms with E-state index in [9.17, 15) is 0 Å². The van der Waals surface area contributed by atoms with Crippen molar-refractivity contribution in [3.8, 4) is 5.75 Å². The Bertz CT molecular complexity index is 507. The standard InChI is InChI=1S/C17H20N2O/c1-3-7-16(8-4-1)19-13-11-18(12-14-19)15-20-17-9-5-2-6-10-17/h1-10H,11-15H2. The summed E-state index contributed by atoms with van der Waals surface area (Å²) in [5.74, 6) is 0.943. The summed E-state index contributed by atoms with van der Waals surface area (Å²) in [4.78, 5) is 4.78. The Morgan fingerprint density at radius 3 is 2.00 bits per heavy atom. The van der Waals surface area contributed by atoms with E-state index in [4.69, 9.17) is 4.74 Å². The van der Waals surface area contributed by atoms with Crippen LogP contribution >= 0.6 is 0 Å². The van der Waals surface area contributed by atoms with Gasteiger partial charge in [-0.05, 0) is 24.3 Å². The van der Waals surface area contributed by atoms with E-state index in [1.54, 1.807) is 0 Å². The van der Waals surface area contributed by atoms with Crippen molar-refractivity contribution < 1.29 is 4.74 Å². The first-order valence-corrected chi connectivity index (χ1v) is 7.12. The molecule has 0 amide bonds. The summed E-state index contributed by atoms with van der Waals surface area (Å²) in [5.41, 5.74) is 1.32. The topological polar surface area (TPSA) is 15.7 Å². The highest BCUT2D eigenvalue weighted by Gasteiger charge is 2.16. The van der Waals surface area contributed by atoms with Gasteiger partial charge in [0.05, 0.1) is 0 Å². The fourth-order valence-corrected chi connectivity index (χ4v) is 2.46. The summed E-state index contributed by atoms with van der Waals surface area (Å²) in [6.45, 7) is 4.88. The summed E-state index contributed by atoms with van der Waals surface area (Å²) in [6, 6.07) is 20.6. The first-order chi connectivity index (χ1) is 9.92. The van der Waals surface area contributed by atoms with Crippen molar-refractivity contribution in [2.24, 2.45) is 0 Å². The number of benzene rings is 2. The smallest absolute Gasteiger partial charge is 0.142 e. The summed E-state index contributed by atoms with van der Waals surface area (Å²) in [6.07, 6.45) is 0. The van der Waals surface area contributed by atoms with Crippen LogP contribution in [0.5, 0.6) is 5.75 Å². The minimum Gasteiger partial charge on any atom is -0.478 e. The van der Waals surface area contributed by atoms with E-state index in [0.29, 0.717) is 6.73 Å². The second-order valence-electron chi connectivity index (χ2n) is 5.03. The van der Waals surface area contributed by atoms with E-state index >= 15 is 0 Å². The van der Waals surface area contributed by atoms with Gasteiger partial charge in [0.1, 0.15) is 12.5 Å². The van der Waals surface area contributed by atoms with Gasteiger partial charge < -0.3 is 9.64 Å². The Morgan fingerprint density at radius 2 is 1.35 bits per heavy atom. The molecule has 20 heavy (non-hydrogen) atoms. The maximum absolute atomic E-state index is 5.79. The van der Waals surface area contributed by atoms with Gasteiger partial charge in [0.15, 0.2) is 0 Å². The molecule has 0 aromatic heterocycles. The molecule has 1 saturated heterocycles. The number of para-hydroxylation sites is 2. The molecule has 0 N–H and O–H groups in total. The molecule has 3 nitrogen and oxygen atoms in total. The normalized spacial score (nSPS) is 16.1.